The van der Waals surface area contributed by atoms with Crippen LogP contribution in [0.3, 0.4) is 0 Å². The van der Waals surface area contributed by atoms with Gasteiger partial charge in [0.1, 0.15) is 39.9 Å². The van der Waals surface area contributed by atoms with E-state index in [1.807, 2.05) is 25.3 Å². The molecule has 37 heavy (non-hydrogen) atoms. The Bertz CT molecular complexity index is 942. The summed E-state index contributed by atoms with van der Waals surface area (Å²) in [6, 6.07) is 2.74. The number of nitrogens with one attached hydrogen (secondary N) is 1. The molecule has 2 atom stereocenters. The first kappa shape index (κ1) is 30.8. The molecule has 1 aliphatic rings. The Morgan fingerprint density at radius 1 is 1.24 bits per heavy atom. The standard InChI is InChI=1S/C25H43BrN4O5SSi/c1-24(2,3)36(31)29-20(23-27-18-22(26)30(23)19-32-16-17-37(4,5)6)10-8-7-9-12-25(33-14-15-34-25)21-11-13-35-28-21/h11,13,18,20,29H,7-10,12,14-17,19H2,1-6H3/t20?,36-/m1/s1. The van der Waals surface area contributed by atoms with E-state index in [0.717, 1.165) is 48.8 Å². The van der Waals surface area contributed by atoms with Gasteiger partial charge in [-0.25, -0.2) is 4.98 Å². The predicted molar refractivity (Wildman–Crippen MR) is 151 cm³/mol. The molecule has 3 heterocycles. The number of halogens is 1. The molecule has 1 fully saturated rings. The average molecular weight is 620 g/mol. The highest BCUT2D eigenvalue weighted by Gasteiger charge is 2.40. The first-order valence-electron chi connectivity index (χ1n) is 13.1. The van der Waals surface area contributed by atoms with Crippen molar-refractivity contribution in [1.82, 2.24) is 19.4 Å². The summed E-state index contributed by atoms with van der Waals surface area (Å²) in [7, 11) is -1.17. The van der Waals surface area contributed by atoms with Gasteiger partial charge >= 0.3 is 0 Å². The summed E-state index contributed by atoms with van der Waals surface area (Å²) in [6.45, 7) is 15.2. The summed E-state index contributed by atoms with van der Waals surface area (Å²) in [4.78, 5) is 4.67. The molecule has 0 aliphatic carbocycles. The predicted octanol–water partition coefficient (Wildman–Crippen LogP) is 5.89. The van der Waals surface area contributed by atoms with Crippen molar-refractivity contribution in [2.75, 3.05) is 19.8 Å². The molecule has 2 aromatic rings. The highest BCUT2D eigenvalue weighted by atomic mass is 79.9. The highest BCUT2D eigenvalue weighted by molar-refractivity contribution is 9.10. The Morgan fingerprint density at radius 2 is 1.97 bits per heavy atom. The first-order valence-corrected chi connectivity index (χ1v) is 18.7. The number of aromatic nitrogens is 3. The van der Waals surface area contributed by atoms with Gasteiger partial charge in [-0.3, -0.25) is 4.57 Å². The second kappa shape index (κ2) is 13.6. The summed E-state index contributed by atoms with van der Waals surface area (Å²) in [5.74, 6) is 0.0197. The molecule has 12 heteroatoms. The van der Waals surface area contributed by atoms with Crippen LogP contribution in [0.2, 0.25) is 25.7 Å². The molecule has 0 amide bonds. The average Bonchev–Trinajstić information content (AvgIpc) is 3.56. The zero-order valence-electron chi connectivity index (χ0n) is 23.0. The van der Waals surface area contributed by atoms with E-state index >= 15 is 0 Å². The van der Waals surface area contributed by atoms with Crippen LogP contribution in [0.15, 0.2) is 27.7 Å². The molecular formula is C25H43BrN4O5SSi. The lowest BCUT2D eigenvalue weighted by molar-refractivity contribution is -0.175. The second-order valence-electron chi connectivity index (χ2n) is 11.7. The minimum absolute atomic E-state index is 0.171. The van der Waals surface area contributed by atoms with E-state index in [1.54, 1.807) is 18.5 Å². The Hall–Kier alpha value is -0.733. The number of rotatable bonds is 15. The van der Waals surface area contributed by atoms with Crippen LogP contribution < -0.4 is 4.72 Å². The zero-order chi connectivity index (χ0) is 27.1. The van der Waals surface area contributed by atoms with Gasteiger partial charge in [0.2, 0.25) is 5.79 Å². The summed E-state index contributed by atoms with van der Waals surface area (Å²) in [6.07, 6.45) is 7.62. The fourth-order valence-electron chi connectivity index (χ4n) is 4.02. The number of ether oxygens (including phenoxy) is 3. The van der Waals surface area contributed by atoms with Crippen LogP contribution in [0.5, 0.6) is 0 Å². The molecule has 0 bridgehead atoms. The number of hydrogen-bond donors (Lipinski definition) is 1. The monoisotopic (exact) mass is 618 g/mol. The number of hydrogen-bond acceptors (Lipinski definition) is 8. The van der Waals surface area contributed by atoms with Crippen LogP contribution in [0, 0.1) is 0 Å². The van der Waals surface area contributed by atoms with Gasteiger partial charge in [0.25, 0.3) is 0 Å². The van der Waals surface area contributed by atoms with Crippen LogP contribution in [-0.4, -0.2) is 51.9 Å². The van der Waals surface area contributed by atoms with Crippen molar-refractivity contribution in [3.05, 3.63) is 34.6 Å². The summed E-state index contributed by atoms with van der Waals surface area (Å²) in [5.41, 5.74) is 0.686. The maximum atomic E-state index is 13.0. The van der Waals surface area contributed by atoms with Gasteiger partial charge in [-0.2, -0.15) is 0 Å². The molecule has 9 nitrogen and oxygen atoms in total. The number of nitrogens with zero attached hydrogens (tertiary/aromatic N) is 3. The minimum Gasteiger partial charge on any atom is -0.598 e. The quantitative estimate of drug-likeness (QED) is 0.150. The lowest BCUT2D eigenvalue weighted by atomic mass is 10.0. The van der Waals surface area contributed by atoms with E-state index in [9.17, 15) is 4.55 Å². The smallest absolute Gasteiger partial charge is 0.215 e. The Kier molecular flexibility index (Phi) is 11.3. The third-order valence-electron chi connectivity index (χ3n) is 6.25. The maximum absolute atomic E-state index is 13.0. The van der Waals surface area contributed by atoms with Crippen molar-refractivity contribution in [2.24, 2.45) is 0 Å². The van der Waals surface area contributed by atoms with E-state index in [1.165, 1.54) is 0 Å². The topological polar surface area (TPSA) is 107 Å². The minimum atomic E-state index is -1.23. The normalized spacial score (nSPS) is 17.8. The van der Waals surface area contributed by atoms with Crippen molar-refractivity contribution in [3.63, 3.8) is 0 Å². The van der Waals surface area contributed by atoms with Crippen molar-refractivity contribution < 1.29 is 23.3 Å². The van der Waals surface area contributed by atoms with E-state index in [-0.39, 0.29) is 10.8 Å². The van der Waals surface area contributed by atoms with Gasteiger partial charge in [-0.05, 0) is 55.6 Å². The fraction of sp³-hybridized carbons (Fsp3) is 0.760. The number of unbranched alkanes of at least 4 members (excludes halogenated alkanes) is 2. The van der Waals surface area contributed by atoms with E-state index in [4.69, 9.17) is 18.7 Å². The third-order valence-corrected chi connectivity index (χ3v) is 10.2. The van der Waals surface area contributed by atoms with Crippen LogP contribution in [0.25, 0.3) is 0 Å². The van der Waals surface area contributed by atoms with Gasteiger partial charge in [-0.1, -0.05) is 37.6 Å². The summed E-state index contributed by atoms with van der Waals surface area (Å²) >= 11 is 2.39. The van der Waals surface area contributed by atoms with E-state index < -0.39 is 25.2 Å². The van der Waals surface area contributed by atoms with Gasteiger partial charge in [-0.15, -0.1) is 4.72 Å². The van der Waals surface area contributed by atoms with E-state index in [0.29, 0.717) is 32.1 Å². The van der Waals surface area contributed by atoms with Crippen LogP contribution in [-0.2, 0) is 38.1 Å². The molecule has 2 aromatic heterocycles. The summed E-state index contributed by atoms with van der Waals surface area (Å²) in [5, 5.41) is 4.05. The Labute approximate surface area is 233 Å². The molecule has 1 N–H and O–H groups in total. The SMILES string of the molecule is CC(C)(C)[S@@+]([O-])NC(CCCCCC1(c2ccon2)OCCO1)c1ncc(Br)n1COCC[Si](C)(C)C. The molecule has 0 aromatic carbocycles. The van der Waals surface area contributed by atoms with Crippen molar-refractivity contribution in [1.29, 1.82) is 0 Å². The molecule has 0 spiro atoms. The van der Waals surface area contributed by atoms with Gasteiger partial charge in [0.15, 0.2) is 0 Å². The molecule has 1 aliphatic heterocycles. The van der Waals surface area contributed by atoms with Crippen molar-refractivity contribution >= 4 is 35.4 Å². The molecule has 210 valence electrons. The molecular weight excluding hydrogens is 576 g/mol. The lowest BCUT2D eigenvalue weighted by Gasteiger charge is -2.28. The Morgan fingerprint density at radius 3 is 2.59 bits per heavy atom. The molecule has 1 saturated heterocycles. The molecule has 1 unspecified atom stereocenters. The molecule has 3 rings (SSSR count). The maximum Gasteiger partial charge on any atom is 0.215 e. The first-order chi connectivity index (χ1) is 17.4. The van der Waals surface area contributed by atoms with Gasteiger partial charge in [0.05, 0.1) is 19.4 Å². The van der Waals surface area contributed by atoms with Crippen LogP contribution in [0.4, 0.5) is 0 Å². The van der Waals surface area contributed by atoms with Crippen LogP contribution >= 0.6 is 15.9 Å². The highest BCUT2D eigenvalue weighted by Crippen LogP contribution is 2.36. The lowest BCUT2D eigenvalue weighted by Crippen LogP contribution is -2.42. The van der Waals surface area contributed by atoms with Crippen LogP contribution in [0.1, 0.15) is 70.4 Å². The largest absolute Gasteiger partial charge is 0.598 e. The molecule has 0 saturated carbocycles. The fourth-order valence-corrected chi connectivity index (χ4v) is 6.00. The van der Waals surface area contributed by atoms with Gasteiger partial charge in [0, 0.05) is 38.5 Å². The zero-order valence-corrected chi connectivity index (χ0v) is 26.5. The molecule has 0 radical (unpaired) electrons. The Balaban J connectivity index is 1.61. The van der Waals surface area contributed by atoms with Crippen molar-refractivity contribution in [2.45, 2.75) is 102 Å². The van der Waals surface area contributed by atoms with Crippen molar-refractivity contribution in [3.8, 4) is 0 Å². The van der Waals surface area contributed by atoms with Gasteiger partial charge < -0.3 is 23.3 Å². The number of imidazole rings is 1. The van der Waals surface area contributed by atoms with E-state index in [2.05, 4.69) is 50.4 Å². The summed E-state index contributed by atoms with van der Waals surface area (Å²) < 4.78 is 41.8. The second-order valence-corrected chi connectivity index (χ2v) is 20.1. The third kappa shape index (κ3) is 9.16.